The Morgan fingerprint density at radius 2 is 1.71 bits per heavy atom. The molecule has 0 unspecified atom stereocenters. The number of likely N-dealkylation sites (tertiary alicyclic amines) is 1. The standard InChI is InChI=1S/C23H24N4O3S/c24-23(30)16-7-9-17(10-8-16)25-21(28)15-31-20-13-27(19-6-2-1-5-18(19)20)14-22(29)26-11-3-4-12-26/h1-2,5-10,13H,3-4,11-12,14-15H2,(H2,24,30)(H,25,28). The van der Waals surface area contributed by atoms with Crippen molar-refractivity contribution in [2.75, 3.05) is 24.2 Å². The molecule has 2 aromatic carbocycles. The first-order valence-electron chi connectivity index (χ1n) is 10.2. The summed E-state index contributed by atoms with van der Waals surface area (Å²) in [5, 5.41) is 3.85. The number of rotatable bonds is 7. The number of anilines is 1. The van der Waals surface area contributed by atoms with Crippen molar-refractivity contribution in [3.8, 4) is 0 Å². The van der Waals surface area contributed by atoms with Crippen molar-refractivity contribution in [2.45, 2.75) is 24.3 Å². The smallest absolute Gasteiger partial charge is 0.248 e. The lowest BCUT2D eigenvalue weighted by Gasteiger charge is -2.15. The van der Waals surface area contributed by atoms with Gasteiger partial charge in [0.05, 0.1) is 5.75 Å². The van der Waals surface area contributed by atoms with Gasteiger partial charge in [-0.05, 0) is 43.2 Å². The molecule has 2 heterocycles. The fourth-order valence-electron chi connectivity index (χ4n) is 3.73. The number of carbonyl (C=O) groups is 3. The van der Waals surface area contributed by atoms with Crippen LogP contribution in [0.1, 0.15) is 23.2 Å². The number of nitrogens with one attached hydrogen (secondary N) is 1. The summed E-state index contributed by atoms with van der Waals surface area (Å²) in [6.07, 6.45) is 4.09. The highest BCUT2D eigenvalue weighted by molar-refractivity contribution is 8.00. The second-order valence-corrected chi connectivity index (χ2v) is 8.52. The lowest BCUT2D eigenvalue weighted by molar-refractivity contribution is -0.130. The molecule has 0 aliphatic carbocycles. The number of para-hydroxylation sites is 1. The number of carbonyl (C=O) groups excluding carboxylic acids is 3. The number of primary amides is 1. The van der Waals surface area contributed by atoms with Crippen LogP contribution in [-0.4, -0.2) is 46.0 Å². The average molecular weight is 437 g/mol. The molecule has 0 bridgehead atoms. The maximum absolute atomic E-state index is 12.6. The maximum Gasteiger partial charge on any atom is 0.248 e. The Hall–Kier alpha value is -3.26. The van der Waals surface area contributed by atoms with Gasteiger partial charge in [0.25, 0.3) is 0 Å². The zero-order valence-corrected chi connectivity index (χ0v) is 17.9. The predicted molar refractivity (Wildman–Crippen MR) is 122 cm³/mol. The highest BCUT2D eigenvalue weighted by atomic mass is 32.2. The molecular formula is C23H24N4O3S. The number of hydrogen-bond donors (Lipinski definition) is 2. The van der Waals surface area contributed by atoms with Gasteiger partial charge in [0, 0.05) is 46.3 Å². The van der Waals surface area contributed by atoms with Crippen molar-refractivity contribution >= 4 is 46.1 Å². The van der Waals surface area contributed by atoms with Crippen LogP contribution in [0.4, 0.5) is 5.69 Å². The summed E-state index contributed by atoms with van der Waals surface area (Å²) in [7, 11) is 0. The van der Waals surface area contributed by atoms with Crippen LogP contribution in [0.5, 0.6) is 0 Å². The molecule has 3 N–H and O–H groups in total. The van der Waals surface area contributed by atoms with Gasteiger partial charge in [-0.25, -0.2) is 0 Å². The third kappa shape index (κ3) is 4.91. The van der Waals surface area contributed by atoms with Crippen LogP contribution in [0.2, 0.25) is 0 Å². The first kappa shape index (κ1) is 21.0. The topological polar surface area (TPSA) is 97.4 Å². The summed E-state index contributed by atoms with van der Waals surface area (Å²) in [5.74, 6) is -0.298. The minimum atomic E-state index is -0.506. The monoisotopic (exact) mass is 436 g/mol. The van der Waals surface area contributed by atoms with E-state index in [2.05, 4.69) is 5.32 Å². The highest BCUT2D eigenvalue weighted by Crippen LogP contribution is 2.30. The summed E-state index contributed by atoms with van der Waals surface area (Å²) in [4.78, 5) is 39.0. The largest absolute Gasteiger partial charge is 0.366 e. The summed E-state index contributed by atoms with van der Waals surface area (Å²) >= 11 is 1.43. The fraction of sp³-hybridized carbons (Fsp3) is 0.261. The van der Waals surface area contributed by atoms with Crippen molar-refractivity contribution in [3.05, 3.63) is 60.3 Å². The van der Waals surface area contributed by atoms with Crippen LogP contribution >= 0.6 is 11.8 Å². The summed E-state index contributed by atoms with van der Waals surface area (Å²) < 4.78 is 1.97. The van der Waals surface area contributed by atoms with E-state index >= 15 is 0 Å². The molecule has 160 valence electrons. The number of thioether (sulfide) groups is 1. The van der Waals surface area contributed by atoms with Crippen LogP contribution in [0.3, 0.4) is 0 Å². The number of hydrogen-bond acceptors (Lipinski definition) is 4. The molecule has 4 rings (SSSR count). The van der Waals surface area contributed by atoms with Crippen LogP contribution in [-0.2, 0) is 16.1 Å². The number of aromatic nitrogens is 1. The third-order valence-corrected chi connectivity index (χ3v) is 6.37. The molecule has 3 amide bonds. The molecule has 8 heteroatoms. The molecule has 31 heavy (non-hydrogen) atoms. The van der Waals surface area contributed by atoms with Gasteiger partial charge >= 0.3 is 0 Å². The van der Waals surface area contributed by atoms with Gasteiger partial charge in [0.1, 0.15) is 6.54 Å². The van der Waals surface area contributed by atoms with Crippen LogP contribution in [0, 0.1) is 0 Å². The predicted octanol–water partition coefficient (Wildman–Crippen LogP) is 3.09. The lowest BCUT2D eigenvalue weighted by Crippen LogP contribution is -2.30. The SMILES string of the molecule is NC(=O)c1ccc(NC(=O)CSc2cn(CC(=O)N3CCCC3)c3ccccc23)cc1. The Kier molecular flexibility index (Phi) is 6.27. The molecule has 0 radical (unpaired) electrons. The van der Waals surface area contributed by atoms with Crippen molar-refractivity contribution in [1.29, 1.82) is 0 Å². The van der Waals surface area contributed by atoms with Crippen LogP contribution in [0.15, 0.2) is 59.6 Å². The lowest BCUT2D eigenvalue weighted by atomic mass is 10.2. The molecule has 0 saturated carbocycles. The number of benzene rings is 2. The molecule has 1 fully saturated rings. The zero-order chi connectivity index (χ0) is 21.8. The van der Waals surface area contributed by atoms with Gasteiger partial charge in [-0.3, -0.25) is 14.4 Å². The second-order valence-electron chi connectivity index (χ2n) is 7.50. The maximum atomic E-state index is 12.6. The Bertz CT molecular complexity index is 1120. The first-order valence-corrected chi connectivity index (χ1v) is 11.2. The number of fused-ring (bicyclic) bond motifs is 1. The Balaban J connectivity index is 1.42. The van der Waals surface area contributed by atoms with Gasteiger partial charge in [-0.15, -0.1) is 11.8 Å². The van der Waals surface area contributed by atoms with Crippen LogP contribution < -0.4 is 11.1 Å². The van der Waals surface area contributed by atoms with Gasteiger partial charge < -0.3 is 20.5 Å². The number of amides is 3. The number of nitrogens with zero attached hydrogens (tertiary/aromatic N) is 2. The van der Waals surface area contributed by atoms with E-state index in [9.17, 15) is 14.4 Å². The quantitative estimate of drug-likeness (QED) is 0.556. The molecule has 1 aromatic heterocycles. The number of nitrogens with two attached hydrogens (primary N) is 1. The molecule has 1 aliphatic heterocycles. The molecule has 0 spiro atoms. The first-order chi connectivity index (χ1) is 15.0. The van der Waals surface area contributed by atoms with E-state index in [1.165, 1.54) is 11.8 Å². The Morgan fingerprint density at radius 1 is 1.00 bits per heavy atom. The molecular weight excluding hydrogens is 412 g/mol. The minimum absolute atomic E-state index is 0.131. The van der Waals surface area contributed by atoms with Crippen molar-refractivity contribution < 1.29 is 14.4 Å². The van der Waals surface area contributed by atoms with E-state index in [4.69, 9.17) is 5.73 Å². The van der Waals surface area contributed by atoms with Gasteiger partial charge in [0.2, 0.25) is 17.7 Å². The van der Waals surface area contributed by atoms with E-state index in [1.54, 1.807) is 24.3 Å². The van der Waals surface area contributed by atoms with E-state index in [0.717, 1.165) is 41.7 Å². The Morgan fingerprint density at radius 3 is 2.42 bits per heavy atom. The van der Waals surface area contributed by atoms with Gasteiger partial charge in [-0.2, -0.15) is 0 Å². The molecule has 1 saturated heterocycles. The van der Waals surface area contributed by atoms with E-state index in [1.807, 2.05) is 39.9 Å². The molecule has 7 nitrogen and oxygen atoms in total. The highest BCUT2D eigenvalue weighted by Gasteiger charge is 2.19. The Labute approximate surface area is 184 Å². The van der Waals surface area contributed by atoms with Crippen molar-refractivity contribution in [1.82, 2.24) is 9.47 Å². The molecule has 3 aromatic rings. The summed E-state index contributed by atoms with van der Waals surface area (Å²) in [5.41, 5.74) is 7.22. The van der Waals surface area contributed by atoms with Gasteiger partial charge in [-0.1, -0.05) is 18.2 Å². The molecule has 0 atom stereocenters. The van der Waals surface area contributed by atoms with E-state index in [0.29, 0.717) is 17.8 Å². The molecule has 1 aliphatic rings. The minimum Gasteiger partial charge on any atom is -0.366 e. The van der Waals surface area contributed by atoms with Crippen molar-refractivity contribution in [3.63, 3.8) is 0 Å². The van der Waals surface area contributed by atoms with Crippen molar-refractivity contribution in [2.24, 2.45) is 5.73 Å². The zero-order valence-electron chi connectivity index (χ0n) is 17.0. The second kappa shape index (κ2) is 9.26. The van der Waals surface area contributed by atoms with Gasteiger partial charge in [0.15, 0.2) is 0 Å². The van der Waals surface area contributed by atoms with E-state index < -0.39 is 5.91 Å². The fourth-order valence-corrected chi connectivity index (χ4v) is 4.62. The van der Waals surface area contributed by atoms with E-state index in [-0.39, 0.29) is 17.6 Å². The summed E-state index contributed by atoms with van der Waals surface area (Å²) in [6, 6.07) is 14.4. The third-order valence-electron chi connectivity index (χ3n) is 5.33. The van der Waals surface area contributed by atoms with Crippen LogP contribution in [0.25, 0.3) is 10.9 Å². The normalized spacial score (nSPS) is 13.5. The average Bonchev–Trinajstić information content (AvgIpc) is 3.42. The summed E-state index contributed by atoms with van der Waals surface area (Å²) in [6.45, 7) is 1.97.